The van der Waals surface area contributed by atoms with Crippen LogP contribution in [0.4, 0.5) is 22.7 Å². The van der Waals surface area contributed by atoms with Crippen LogP contribution in [0.15, 0.2) is 194 Å². The summed E-state index contributed by atoms with van der Waals surface area (Å²) in [7, 11) is 0. The Hall–Kier alpha value is -7.00. The molecule has 0 saturated carbocycles. The van der Waals surface area contributed by atoms with Gasteiger partial charge in [0.1, 0.15) is 5.82 Å². The molecule has 0 amide bonds. The van der Waals surface area contributed by atoms with Gasteiger partial charge in [0.25, 0.3) is 0 Å². The Bertz CT molecular complexity index is 3750. The molecule has 8 aromatic carbocycles. The van der Waals surface area contributed by atoms with Crippen LogP contribution in [-0.4, -0.2) is 9.55 Å². The molecular formula is C74H75N4Pt-3. The molecule has 4 nitrogen and oxygen atoms in total. The van der Waals surface area contributed by atoms with E-state index >= 15 is 0 Å². The number of nitrogens with zero attached hydrogens (tertiary/aromatic N) is 4. The third-order valence-corrected chi connectivity index (χ3v) is 16.5. The van der Waals surface area contributed by atoms with E-state index in [-0.39, 0.29) is 48.1 Å². The summed E-state index contributed by atoms with van der Waals surface area (Å²) in [5.74, 6) is 0.859. The predicted octanol–water partition coefficient (Wildman–Crippen LogP) is 19.1. The molecule has 10 aromatic rings. The molecule has 0 spiro atoms. The molecule has 1 aliphatic rings. The van der Waals surface area contributed by atoms with Gasteiger partial charge in [-0.25, -0.2) is 4.98 Å². The largest absolute Gasteiger partial charge is 0.493 e. The van der Waals surface area contributed by atoms with Crippen molar-refractivity contribution in [3.05, 3.63) is 269 Å². The molecule has 11 rings (SSSR count). The van der Waals surface area contributed by atoms with Crippen molar-refractivity contribution in [3.8, 4) is 5.82 Å². The summed E-state index contributed by atoms with van der Waals surface area (Å²) in [5, 5.41) is 2.28. The zero-order valence-corrected chi connectivity index (χ0v) is 50.9. The van der Waals surface area contributed by atoms with E-state index in [2.05, 4.69) is 318 Å². The summed E-state index contributed by atoms with van der Waals surface area (Å²) < 4.78 is 2.34. The summed E-state index contributed by atoms with van der Waals surface area (Å²) in [6, 6.07) is 77.9. The molecule has 0 radical (unpaired) electrons. The fraction of sp³-hybridized carbons (Fsp3) is 0.270. The van der Waals surface area contributed by atoms with Gasteiger partial charge in [-0.1, -0.05) is 218 Å². The summed E-state index contributed by atoms with van der Waals surface area (Å²) in [4.78, 5) is 9.90. The van der Waals surface area contributed by atoms with E-state index < -0.39 is 5.41 Å². The number of rotatable bonds is 9. The summed E-state index contributed by atoms with van der Waals surface area (Å²) in [5.41, 5.74) is 17.2. The average molecular weight is 1220 g/mol. The van der Waals surface area contributed by atoms with Crippen molar-refractivity contribution >= 4 is 44.6 Å². The second-order valence-electron chi connectivity index (χ2n) is 26.4. The minimum absolute atomic E-state index is 0. The van der Waals surface area contributed by atoms with E-state index in [1.165, 1.54) is 33.4 Å². The Morgan fingerprint density at radius 2 is 0.886 bits per heavy atom. The third-order valence-electron chi connectivity index (χ3n) is 16.5. The van der Waals surface area contributed by atoms with E-state index in [0.717, 1.165) is 72.6 Å². The first-order valence-corrected chi connectivity index (χ1v) is 27.9. The molecule has 0 bridgehead atoms. The van der Waals surface area contributed by atoms with Gasteiger partial charge in [0.05, 0.1) is 0 Å². The molecule has 0 saturated heterocycles. The quantitative estimate of drug-likeness (QED) is 0.106. The predicted molar refractivity (Wildman–Crippen MR) is 329 cm³/mol. The number of para-hydroxylation sites is 3. The van der Waals surface area contributed by atoms with Gasteiger partial charge in [-0.05, 0) is 114 Å². The van der Waals surface area contributed by atoms with Crippen molar-refractivity contribution in [2.24, 2.45) is 0 Å². The fourth-order valence-corrected chi connectivity index (χ4v) is 11.6. The van der Waals surface area contributed by atoms with Crippen LogP contribution < -0.4 is 9.80 Å². The maximum atomic E-state index is 5.23. The van der Waals surface area contributed by atoms with Gasteiger partial charge in [-0.15, -0.1) is 28.9 Å². The Balaban J connectivity index is 0.00000704. The van der Waals surface area contributed by atoms with Crippen molar-refractivity contribution in [2.75, 3.05) is 9.80 Å². The standard InChI is InChI=1S/C74H75N4.Pt/c1-69(2,3)55-40-56(70(4,5)6)43-59(42-55)73(13,14)52-38-39-75-68(48-52)78-64-33-22-21-32-62(64)63-37-36-54(47-67(63)78)74(50-26-17-15-18-27-50,51-28-19-16-20-29-51)53-30-25-31-60(44-53)76-49-77(66-35-24-23-34-65(66)76)61-45-57(71(7,8)9)41-58(46-61)72(10,11)12;/h15-43,45-46,48-49H,1-14H3;/q-3;. The molecule has 2 aromatic heterocycles. The monoisotopic (exact) mass is 1210 g/mol. The van der Waals surface area contributed by atoms with Crippen molar-refractivity contribution in [1.82, 2.24) is 9.55 Å². The van der Waals surface area contributed by atoms with Crippen LogP contribution in [-0.2, 0) is 53.6 Å². The second kappa shape index (κ2) is 20.3. The van der Waals surface area contributed by atoms with Gasteiger partial charge in [0.15, 0.2) is 0 Å². The van der Waals surface area contributed by atoms with Gasteiger partial charge < -0.3 is 14.4 Å². The molecule has 0 atom stereocenters. The summed E-state index contributed by atoms with van der Waals surface area (Å²) in [6.07, 6.45) is 1.99. The minimum Gasteiger partial charge on any atom is -0.493 e. The SMILES string of the molecule is CC(C)(C)c1cc(N2[CH-]N(c3[c-]c(C(c4[c-]c5c(cc4)c4ccccc4n5-c4cc(C(C)(C)c5cc(C(C)(C)C)cc(C(C)(C)C)c5)ccn4)(c4ccccc4)c4ccccc4)ccc3)c3ccccc32)cc(C(C)(C)C)c1.[Pt]. The number of aromatic nitrogens is 2. The third kappa shape index (κ3) is 9.98. The molecule has 0 fully saturated rings. The van der Waals surface area contributed by atoms with Gasteiger partial charge in [0, 0.05) is 60.7 Å². The molecule has 5 heteroatoms. The summed E-state index contributed by atoms with van der Waals surface area (Å²) in [6.45, 7) is 34.7. The van der Waals surface area contributed by atoms with Crippen molar-refractivity contribution in [2.45, 2.75) is 129 Å². The van der Waals surface area contributed by atoms with Crippen molar-refractivity contribution in [3.63, 3.8) is 0 Å². The topological polar surface area (TPSA) is 24.3 Å². The van der Waals surface area contributed by atoms with E-state index in [1.807, 2.05) is 6.20 Å². The van der Waals surface area contributed by atoms with E-state index in [1.54, 1.807) is 0 Å². The van der Waals surface area contributed by atoms with Gasteiger partial charge in [0.2, 0.25) is 0 Å². The molecular weight excluding hydrogens is 1140 g/mol. The number of hydrogen-bond donors (Lipinski definition) is 0. The van der Waals surface area contributed by atoms with Crippen LogP contribution in [0, 0.1) is 18.8 Å². The number of pyridine rings is 1. The van der Waals surface area contributed by atoms with Crippen LogP contribution in [0.5, 0.6) is 0 Å². The normalized spacial score (nSPS) is 13.5. The van der Waals surface area contributed by atoms with E-state index in [0.29, 0.717) is 0 Å². The Kier molecular flexibility index (Phi) is 14.2. The number of anilines is 4. The average Bonchev–Trinajstić information content (AvgIpc) is 4.08. The molecule has 404 valence electrons. The first-order chi connectivity index (χ1) is 36.9. The van der Waals surface area contributed by atoms with Crippen LogP contribution in [0.3, 0.4) is 0 Å². The minimum atomic E-state index is -0.852. The van der Waals surface area contributed by atoms with Crippen molar-refractivity contribution < 1.29 is 21.1 Å². The van der Waals surface area contributed by atoms with Crippen LogP contribution in [0.2, 0.25) is 0 Å². The second-order valence-corrected chi connectivity index (χ2v) is 26.4. The zero-order chi connectivity index (χ0) is 55.2. The fourth-order valence-electron chi connectivity index (χ4n) is 11.6. The molecule has 0 aliphatic carbocycles. The number of hydrogen-bond acceptors (Lipinski definition) is 3. The van der Waals surface area contributed by atoms with Crippen LogP contribution in [0.1, 0.15) is 153 Å². The van der Waals surface area contributed by atoms with Gasteiger partial charge >= 0.3 is 0 Å². The van der Waals surface area contributed by atoms with Gasteiger partial charge in [-0.3, -0.25) is 0 Å². The molecule has 0 unspecified atom stereocenters. The van der Waals surface area contributed by atoms with Crippen molar-refractivity contribution in [1.29, 1.82) is 0 Å². The maximum Gasteiger partial charge on any atom is 0.135 e. The molecule has 1 aliphatic heterocycles. The molecule has 79 heavy (non-hydrogen) atoms. The van der Waals surface area contributed by atoms with Gasteiger partial charge in [-0.2, -0.15) is 42.5 Å². The Morgan fingerprint density at radius 3 is 1.46 bits per heavy atom. The van der Waals surface area contributed by atoms with E-state index in [4.69, 9.17) is 4.98 Å². The Labute approximate surface area is 485 Å². The first-order valence-electron chi connectivity index (χ1n) is 27.9. The molecule has 3 heterocycles. The zero-order valence-electron chi connectivity index (χ0n) is 48.7. The number of fused-ring (bicyclic) bond motifs is 4. The maximum absolute atomic E-state index is 5.23. The Morgan fingerprint density at radius 1 is 0.392 bits per heavy atom. The van der Waals surface area contributed by atoms with Crippen LogP contribution in [0.25, 0.3) is 27.6 Å². The first kappa shape index (κ1) is 55.3. The summed E-state index contributed by atoms with van der Waals surface area (Å²) >= 11 is 0. The smallest absolute Gasteiger partial charge is 0.135 e. The van der Waals surface area contributed by atoms with Crippen LogP contribution >= 0.6 is 0 Å². The molecule has 0 N–H and O–H groups in total. The van der Waals surface area contributed by atoms with E-state index in [9.17, 15) is 0 Å². The number of benzene rings is 8.